The molecule has 2 aromatic heterocycles. The molecule has 20 heavy (non-hydrogen) atoms. The summed E-state index contributed by atoms with van der Waals surface area (Å²) in [7, 11) is 0. The van der Waals surface area contributed by atoms with Crippen molar-refractivity contribution in [2.45, 2.75) is 19.3 Å². The number of carbonyl (C=O) groups is 1. The molecule has 3 heterocycles. The molecule has 2 aromatic rings. The molecular weight excluding hydrogens is 298 g/mol. The minimum atomic E-state index is -0.381. The summed E-state index contributed by atoms with van der Waals surface area (Å²) >= 11 is 2.91. The smallest absolute Gasteiger partial charge is 0.339 e. The second-order valence-corrected chi connectivity index (χ2v) is 6.11. The van der Waals surface area contributed by atoms with Crippen molar-refractivity contribution >= 4 is 28.6 Å². The lowest BCUT2D eigenvalue weighted by Gasteiger charge is -2.10. The maximum absolute atomic E-state index is 11.9. The van der Waals surface area contributed by atoms with Crippen LogP contribution < -0.4 is 0 Å². The van der Waals surface area contributed by atoms with Crippen LogP contribution in [-0.4, -0.2) is 24.2 Å². The Hall–Kier alpha value is -1.28. The molecule has 1 aliphatic rings. The van der Waals surface area contributed by atoms with E-state index in [9.17, 15) is 4.79 Å². The predicted octanol–water partition coefficient (Wildman–Crippen LogP) is 3.17. The average Bonchev–Trinajstić information content (AvgIpc) is 3.19. The van der Waals surface area contributed by atoms with Crippen LogP contribution in [-0.2, 0) is 14.2 Å². The minimum Gasteiger partial charge on any atom is -0.453 e. The van der Waals surface area contributed by atoms with Gasteiger partial charge in [-0.3, -0.25) is 0 Å². The highest BCUT2D eigenvalue weighted by Gasteiger charge is 2.24. The summed E-state index contributed by atoms with van der Waals surface area (Å²) < 4.78 is 16.2. The number of carbonyl (C=O) groups excluding carboxylic acids is 1. The first kappa shape index (κ1) is 13.7. The van der Waals surface area contributed by atoms with E-state index in [0.717, 1.165) is 9.88 Å². The second kappa shape index (κ2) is 6.01. The number of ether oxygens (including phenoxy) is 3. The highest BCUT2D eigenvalue weighted by molar-refractivity contribution is 7.11. The van der Waals surface area contributed by atoms with Crippen LogP contribution in [0.1, 0.15) is 39.6 Å². The third kappa shape index (κ3) is 2.90. The molecule has 1 aliphatic heterocycles. The van der Waals surface area contributed by atoms with Gasteiger partial charge in [0.15, 0.2) is 0 Å². The van der Waals surface area contributed by atoms with Crippen molar-refractivity contribution < 1.29 is 19.0 Å². The van der Waals surface area contributed by atoms with Crippen molar-refractivity contribution in [3.8, 4) is 0 Å². The van der Waals surface area contributed by atoms with Crippen LogP contribution in [0, 0.1) is 0 Å². The standard InChI is InChI=1S/C13H13NO4S2/c1-8(18-12(15)9-2-5-19-7-9)10-6-14-11(20-10)13-16-3-4-17-13/h2,5-8,13H,3-4H2,1H3. The molecule has 7 heteroatoms. The zero-order valence-corrected chi connectivity index (χ0v) is 12.4. The Bertz CT molecular complexity index is 575. The van der Waals surface area contributed by atoms with E-state index >= 15 is 0 Å². The fourth-order valence-electron chi connectivity index (χ4n) is 1.77. The summed E-state index contributed by atoms with van der Waals surface area (Å²) in [4.78, 5) is 17.0. The number of rotatable bonds is 4. The van der Waals surface area contributed by atoms with Crippen LogP contribution in [0.4, 0.5) is 0 Å². The molecule has 0 radical (unpaired) electrons. The summed E-state index contributed by atoms with van der Waals surface area (Å²) in [6.45, 7) is 3.00. The van der Waals surface area contributed by atoms with Gasteiger partial charge in [-0.1, -0.05) is 0 Å². The van der Waals surface area contributed by atoms with Gasteiger partial charge < -0.3 is 14.2 Å². The highest BCUT2D eigenvalue weighted by Crippen LogP contribution is 2.31. The Balaban J connectivity index is 1.65. The fourth-order valence-corrected chi connectivity index (χ4v) is 3.29. The normalized spacial score (nSPS) is 17.2. The topological polar surface area (TPSA) is 57.7 Å². The van der Waals surface area contributed by atoms with Crippen molar-refractivity contribution in [3.63, 3.8) is 0 Å². The van der Waals surface area contributed by atoms with Gasteiger partial charge in [0.05, 0.1) is 23.7 Å². The lowest BCUT2D eigenvalue weighted by atomic mass is 10.3. The largest absolute Gasteiger partial charge is 0.453 e. The zero-order chi connectivity index (χ0) is 13.9. The molecule has 0 saturated carbocycles. The minimum absolute atomic E-state index is 0.318. The SMILES string of the molecule is CC(OC(=O)c1ccsc1)c1cnc(C2OCCO2)s1. The van der Waals surface area contributed by atoms with Crippen LogP contribution in [0.2, 0.25) is 0 Å². The van der Waals surface area contributed by atoms with E-state index in [-0.39, 0.29) is 18.4 Å². The Morgan fingerprint density at radius 2 is 2.30 bits per heavy atom. The first-order chi connectivity index (χ1) is 9.74. The van der Waals surface area contributed by atoms with Gasteiger partial charge in [0.2, 0.25) is 6.29 Å². The zero-order valence-electron chi connectivity index (χ0n) is 10.8. The highest BCUT2D eigenvalue weighted by atomic mass is 32.1. The molecule has 1 saturated heterocycles. The number of esters is 1. The van der Waals surface area contributed by atoms with Crippen LogP contribution in [0.3, 0.4) is 0 Å². The van der Waals surface area contributed by atoms with Gasteiger partial charge >= 0.3 is 5.97 Å². The summed E-state index contributed by atoms with van der Waals surface area (Å²) in [6, 6.07) is 1.75. The van der Waals surface area contributed by atoms with E-state index in [0.29, 0.717) is 18.8 Å². The lowest BCUT2D eigenvalue weighted by molar-refractivity contribution is -0.0442. The first-order valence-corrected chi connectivity index (χ1v) is 7.92. The van der Waals surface area contributed by atoms with Gasteiger partial charge in [0.1, 0.15) is 11.1 Å². The fraction of sp³-hybridized carbons (Fsp3) is 0.385. The van der Waals surface area contributed by atoms with Gasteiger partial charge in [0.25, 0.3) is 0 Å². The average molecular weight is 311 g/mol. The third-order valence-corrected chi connectivity index (χ3v) is 4.67. The summed E-state index contributed by atoms with van der Waals surface area (Å²) in [5, 5.41) is 4.38. The van der Waals surface area contributed by atoms with E-state index < -0.39 is 0 Å². The molecule has 3 rings (SSSR count). The molecule has 0 N–H and O–H groups in total. The number of hydrogen-bond donors (Lipinski definition) is 0. The van der Waals surface area contributed by atoms with Gasteiger partial charge in [-0.15, -0.1) is 11.3 Å². The van der Waals surface area contributed by atoms with Gasteiger partial charge in [-0.05, 0) is 18.4 Å². The molecule has 0 aromatic carbocycles. The Labute approximate surface area is 124 Å². The molecular formula is C13H13NO4S2. The first-order valence-electron chi connectivity index (χ1n) is 6.16. The van der Waals surface area contributed by atoms with Crippen molar-refractivity contribution in [2.75, 3.05) is 13.2 Å². The van der Waals surface area contributed by atoms with Crippen molar-refractivity contribution in [1.29, 1.82) is 0 Å². The van der Waals surface area contributed by atoms with Gasteiger partial charge in [-0.25, -0.2) is 9.78 Å². The van der Waals surface area contributed by atoms with Crippen molar-refractivity contribution in [2.24, 2.45) is 0 Å². The molecule has 0 aliphatic carbocycles. The molecule has 0 spiro atoms. The molecule has 5 nitrogen and oxygen atoms in total. The molecule has 0 amide bonds. The van der Waals surface area contributed by atoms with Crippen LogP contribution >= 0.6 is 22.7 Å². The molecule has 0 bridgehead atoms. The quantitative estimate of drug-likeness (QED) is 0.812. The van der Waals surface area contributed by atoms with Crippen LogP contribution in [0.25, 0.3) is 0 Å². The van der Waals surface area contributed by atoms with E-state index in [4.69, 9.17) is 14.2 Å². The van der Waals surface area contributed by atoms with E-state index in [1.807, 2.05) is 12.3 Å². The Morgan fingerprint density at radius 3 is 3.00 bits per heavy atom. The van der Waals surface area contributed by atoms with Gasteiger partial charge in [0, 0.05) is 11.6 Å². The maximum atomic E-state index is 11.9. The summed E-state index contributed by atoms with van der Waals surface area (Å²) in [6.07, 6.45) is 0.986. The van der Waals surface area contributed by atoms with Gasteiger partial charge in [-0.2, -0.15) is 11.3 Å². The van der Waals surface area contributed by atoms with Crippen molar-refractivity contribution in [1.82, 2.24) is 4.98 Å². The lowest BCUT2D eigenvalue weighted by Crippen LogP contribution is -2.07. The third-order valence-electron chi connectivity index (χ3n) is 2.81. The van der Waals surface area contributed by atoms with Crippen LogP contribution in [0.15, 0.2) is 23.0 Å². The summed E-state index contributed by atoms with van der Waals surface area (Å²) in [5.41, 5.74) is 0.578. The molecule has 106 valence electrons. The number of thiophene rings is 1. The monoisotopic (exact) mass is 311 g/mol. The maximum Gasteiger partial charge on any atom is 0.339 e. The predicted molar refractivity (Wildman–Crippen MR) is 74.9 cm³/mol. The Kier molecular flexibility index (Phi) is 4.11. The number of aromatic nitrogens is 1. The number of nitrogens with zero attached hydrogens (tertiary/aromatic N) is 1. The van der Waals surface area contributed by atoms with E-state index in [1.165, 1.54) is 22.7 Å². The number of hydrogen-bond acceptors (Lipinski definition) is 7. The van der Waals surface area contributed by atoms with E-state index in [2.05, 4.69) is 4.98 Å². The Morgan fingerprint density at radius 1 is 1.50 bits per heavy atom. The molecule has 1 unspecified atom stereocenters. The number of thiazole rings is 1. The second-order valence-electron chi connectivity index (χ2n) is 4.23. The van der Waals surface area contributed by atoms with E-state index in [1.54, 1.807) is 17.6 Å². The molecule has 1 fully saturated rings. The van der Waals surface area contributed by atoms with Crippen LogP contribution in [0.5, 0.6) is 0 Å². The van der Waals surface area contributed by atoms with Crippen molar-refractivity contribution in [3.05, 3.63) is 38.5 Å². The molecule has 1 atom stereocenters. The summed E-state index contributed by atoms with van der Waals surface area (Å²) in [5.74, 6) is -0.318.